The first kappa shape index (κ1) is 15.1. The minimum Gasteiger partial charge on any atom is -0.327 e. The number of amides is 1. The van der Waals surface area contributed by atoms with Crippen molar-refractivity contribution in [2.24, 2.45) is 18.7 Å². The van der Waals surface area contributed by atoms with Gasteiger partial charge in [-0.05, 0) is 28.5 Å². The fraction of sp³-hybridized carbons (Fsp3) is 0.429. The molecule has 0 saturated heterocycles. The molecule has 1 aromatic carbocycles. The van der Waals surface area contributed by atoms with Crippen molar-refractivity contribution in [3.05, 3.63) is 24.3 Å². The Labute approximate surface area is 123 Å². The molecule has 3 N–H and O–H groups in total. The molecule has 1 unspecified atom stereocenters. The van der Waals surface area contributed by atoms with Gasteiger partial charge in [-0.3, -0.25) is 4.79 Å². The average molecular weight is 288 g/mol. The topological polar surface area (TPSA) is 98.7 Å². The standard InChI is InChI=1S/C14H20N6O/c1-9(2)12(15)8-13(21)16-11-6-4-5-10(7-11)14-17-18-19-20(14)3/h4-7,9,12H,8,15H2,1-3H3,(H,16,21). The van der Waals surface area contributed by atoms with Gasteiger partial charge in [0.1, 0.15) is 0 Å². The van der Waals surface area contributed by atoms with Gasteiger partial charge in [-0.2, -0.15) is 0 Å². The van der Waals surface area contributed by atoms with E-state index in [0.29, 0.717) is 17.9 Å². The van der Waals surface area contributed by atoms with Crippen LogP contribution in [0.1, 0.15) is 20.3 Å². The van der Waals surface area contributed by atoms with Crippen LogP contribution in [0.5, 0.6) is 0 Å². The molecule has 2 aromatic rings. The van der Waals surface area contributed by atoms with Crippen molar-refractivity contribution in [2.75, 3.05) is 5.32 Å². The first-order valence-corrected chi connectivity index (χ1v) is 6.85. The van der Waals surface area contributed by atoms with E-state index in [9.17, 15) is 4.79 Å². The molecule has 2 rings (SSSR count). The molecular weight excluding hydrogens is 268 g/mol. The lowest BCUT2D eigenvalue weighted by Crippen LogP contribution is -2.31. The van der Waals surface area contributed by atoms with Crippen LogP contribution in [-0.2, 0) is 11.8 Å². The van der Waals surface area contributed by atoms with Crippen molar-refractivity contribution in [3.8, 4) is 11.4 Å². The number of benzene rings is 1. The van der Waals surface area contributed by atoms with Gasteiger partial charge >= 0.3 is 0 Å². The highest BCUT2D eigenvalue weighted by atomic mass is 16.1. The number of aryl methyl sites for hydroxylation is 1. The Bertz CT molecular complexity index is 621. The molecule has 1 atom stereocenters. The van der Waals surface area contributed by atoms with Gasteiger partial charge in [0, 0.05) is 30.8 Å². The van der Waals surface area contributed by atoms with Crippen molar-refractivity contribution in [2.45, 2.75) is 26.3 Å². The highest BCUT2D eigenvalue weighted by molar-refractivity contribution is 5.91. The van der Waals surface area contributed by atoms with Gasteiger partial charge in [0.2, 0.25) is 5.91 Å². The molecule has 0 bridgehead atoms. The summed E-state index contributed by atoms with van der Waals surface area (Å²) in [6.45, 7) is 4.00. The highest BCUT2D eigenvalue weighted by Crippen LogP contribution is 2.19. The van der Waals surface area contributed by atoms with Crippen molar-refractivity contribution >= 4 is 11.6 Å². The van der Waals surface area contributed by atoms with Crippen LogP contribution in [0, 0.1) is 5.92 Å². The summed E-state index contributed by atoms with van der Waals surface area (Å²) in [6, 6.07) is 7.26. The van der Waals surface area contributed by atoms with Crippen LogP contribution in [0.4, 0.5) is 5.69 Å². The van der Waals surface area contributed by atoms with Crippen LogP contribution in [0.15, 0.2) is 24.3 Å². The molecule has 0 radical (unpaired) electrons. The molecule has 0 fully saturated rings. The number of rotatable bonds is 5. The van der Waals surface area contributed by atoms with Crippen LogP contribution in [0.3, 0.4) is 0 Å². The zero-order valence-corrected chi connectivity index (χ0v) is 12.4. The Morgan fingerprint density at radius 3 is 2.81 bits per heavy atom. The van der Waals surface area contributed by atoms with E-state index in [-0.39, 0.29) is 17.9 Å². The van der Waals surface area contributed by atoms with Crippen molar-refractivity contribution in [1.29, 1.82) is 0 Å². The summed E-state index contributed by atoms with van der Waals surface area (Å²) in [5.74, 6) is 0.821. The molecule has 0 saturated carbocycles. The molecule has 112 valence electrons. The third-order valence-corrected chi connectivity index (χ3v) is 3.30. The van der Waals surface area contributed by atoms with Gasteiger partial charge < -0.3 is 11.1 Å². The van der Waals surface area contributed by atoms with Crippen LogP contribution in [-0.4, -0.2) is 32.2 Å². The minimum atomic E-state index is -0.142. The summed E-state index contributed by atoms with van der Waals surface area (Å²) in [6.07, 6.45) is 0.299. The molecule has 7 heteroatoms. The SMILES string of the molecule is CC(C)C(N)CC(=O)Nc1cccc(-c2nnnn2C)c1. The Balaban J connectivity index is 2.08. The number of anilines is 1. The molecule has 7 nitrogen and oxygen atoms in total. The van der Waals surface area contributed by atoms with Crippen LogP contribution in [0.25, 0.3) is 11.4 Å². The van der Waals surface area contributed by atoms with Crippen molar-refractivity contribution in [1.82, 2.24) is 20.2 Å². The van der Waals surface area contributed by atoms with E-state index in [1.807, 2.05) is 38.1 Å². The van der Waals surface area contributed by atoms with Gasteiger partial charge in [0.05, 0.1) is 0 Å². The maximum Gasteiger partial charge on any atom is 0.225 e. The predicted octanol–water partition coefficient (Wildman–Crippen LogP) is 1.19. The van der Waals surface area contributed by atoms with E-state index < -0.39 is 0 Å². The fourth-order valence-electron chi connectivity index (χ4n) is 1.87. The maximum absolute atomic E-state index is 12.0. The summed E-state index contributed by atoms with van der Waals surface area (Å²) < 4.78 is 1.58. The zero-order valence-electron chi connectivity index (χ0n) is 12.4. The number of carbonyl (C=O) groups excluding carboxylic acids is 1. The third kappa shape index (κ3) is 3.85. The minimum absolute atomic E-state index is 0.0931. The summed E-state index contributed by atoms with van der Waals surface area (Å²) in [5.41, 5.74) is 7.45. The monoisotopic (exact) mass is 288 g/mol. The lowest BCUT2D eigenvalue weighted by atomic mass is 10.0. The van der Waals surface area contributed by atoms with Gasteiger partial charge in [-0.15, -0.1) is 5.10 Å². The van der Waals surface area contributed by atoms with Crippen LogP contribution < -0.4 is 11.1 Å². The summed E-state index contributed by atoms with van der Waals surface area (Å²) in [5, 5.41) is 14.2. The van der Waals surface area contributed by atoms with Crippen LogP contribution >= 0.6 is 0 Å². The summed E-state index contributed by atoms with van der Waals surface area (Å²) in [4.78, 5) is 12.0. The Morgan fingerprint density at radius 2 is 2.19 bits per heavy atom. The summed E-state index contributed by atoms with van der Waals surface area (Å²) in [7, 11) is 1.77. The lowest BCUT2D eigenvalue weighted by Gasteiger charge is -2.15. The normalized spacial score (nSPS) is 12.4. The Kier molecular flexibility index (Phi) is 4.64. The van der Waals surface area contributed by atoms with E-state index in [1.54, 1.807) is 11.7 Å². The molecule has 0 aliphatic heterocycles. The lowest BCUT2D eigenvalue weighted by molar-refractivity contribution is -0.116. The number of carbonyl (C=O) groups is 1. The number of nitrogens with zero attached hydrogens (tertiary/aromatic N) is 4. The van der Waals surface area contributed by atoms with E-state index in [4.69, 9.17) is 5.73 Å². The van der Waals surface area contributed by atoms with Gasteiger partial charge in [0.25, 0.3) is 0 Å². The maximum atomic E-state index is 12.0. The molecular formula is C14H20N6O. The largest absolute Gasteiger partial charge is 0.327 e. The van der Waals surface area contributed by atoms with E-state index in [1.165, 1.54) is 0 Å². The number of nitrogens with one attached hydrogen (secondary N) is 1. The zero-order chi connectivity index (χ0) is 15.4. The first-order valence-electron chi connectivity index (χ1n) is 6.85. The smallest absolute Gasteiger partial charge is 0.225 e. The second kappa shape index (κ2) is 6.45. The highest BCUT2D eigenvalue weighted by Gasteiger charge is 2.13. The number of nitrogens with two attached hydrogens (primary N) is 1. The van der Waals surface area contributed by atoms with E-state index >= 15 is 0 Å². The third-order valence-electron chi connectivity index (χ3n) is 3.30. The summed E-state index contributed by atoms with van der Waals surface area (Å²) >= 11 is 0. The van der Waals surface area contributed by atoms with Gasteiger partial charge in [-0.1, -0.05) is 26.0 Å². The second-order valence-electron chi connectivity index (χ2n) is 5.37. The Hall–Kier alpha value is -2.28. The van der Waals surface area contributed by atoms with Crippen molar-refractivity contribution < 1.29 is 4.79 Å². The molecule has 0 aliphatic rings. The fourth-order valence-corrected chi connectivity index (χ4v) is 1.87. The number of aromatic nitrogens is 4. The van der Waals surface area contributed by atoms with E-state index in [0.717, 1.165) is 5.56 Å². The average Bonchev–Trinajstić information content (AvgIpc) is 2.85. The van der Waals surface area contributed by atoms with Crippen molar-refractivity contribution in [3.63, 3.8) is 0 Å². The van der Waals surface area contributed by atoms with Gasteiger partial charge in [-0.25, -0.2) is 4.68 Å². The molecule has 1 aromatic heterocycles. The molecule has 0 spiro atoms. The molecule has 21 heavy (non-hydrogen) atoms. The van der Waals surface area contributed by atoms with Gasteiger partial charge in [0.15, 0.2) is 5.82 Å². The number of tetrazole rings is 1. The Morgan fingerprint density at radius 1 is 1.43 bits per heavy atom. The molecule has 1 heterocycles. The predicted molar refractivity (Wildman–Crippen MR) is 80.3 cm³/mol. The number of hydrogen-bond acceptors (Lipinski definition) is 5. The van der Waals surface area contributed by atoms with Crippen LogP contribution in [0.2, 0.25) is 0 Å². The first-order chi connectivity index (χ1) is 9.97. The molecule has 1 amide bonds. The number of hydrogen-bond donors (Lipinski definition) is 2. The van der Waals surface area contributed by atoms with E-state index in [2.05, 4.69) is 20.8 Å². The molecule has 0 aliphatic carbocycles. The quantitative estimate of drug-likeness (QED) is 0.861. The second-order valence-corrected chi connectivity index (χ2v) is 5.37.